The van der Waals surface area contributed by atoms with E-state index in [1.165, 1.54) is 22.3 Å². The largest absolute Gasteiger partial charge is 0.346 e. The van der Waals surface area contributed by atoms with Gasteiger partial charge < -0.3 is 4.90 Å². The molecule has 0 saturated carbocycles. The van der Waals surface area contributed by atoms with Crippen molar-refractivity contribution in [2.45, 2.75) is 53.4 Å². The Bertz CT molecular complexity index is 446. The third-order valence-corrected chi connectivity index (χ3v) is 3.80. The van der Waals surface area contributed by atoms with Crippen molar-refractivity contribution in [2.75, 3.05) is 13.6 Å². The molecule has 0 aliphatic rings. The number of hydrogen-bond acceptors (Lipinski definition) is 1. The van der Waals surface area contributed by atoms with Crippen molar-refractivity contribution in [2.24, 2.45) is 0 Å². The van der Waals surface area contributed by atoms with Crippen LogP contribution in [-0.4, -0.2) is 24.4 Å². The number of hydrogen-bond donors (Lipinski definition) is 0. The lowest BCUT2D eigenvalue weighted by Gasteiger charge is -2.23. The monoisotopic (exact) mass is 261 g/mol. The molecule has 0 aliphatic carbocycles. The summed E-state index contributed by atoms with van der Waals surface area (Å²) in [7, 11) is 1.86. The molecule has 0 atom stereocenters. The molecule has 1 aromatic carbocycles. The van der Waals surface area contributed by atoms with Crippen LogP contribution in [0.15, 0.2) is 12.1 Å². The second-order valence-electron chi connectivity index (χ2n) is 6.53. The van der Waals surface area contributed by atoms with Gasteiger partial charge in [-0.3, -0.25) is 4.79 Å². The first-order valence-corrected chi connectivity index (χ1v) is 6.95. The van der Waals surface area contributed by atoms with Crippen molar-refractivity contribution in [3.63, 3.8) is 0 Å². The first kappa shape index (κ1) is 15.7. The highest BCUT2D eigenvalue weighted by atomic mass is 16.2. The number of nitrogens with zero attached hydrogens (tertiary/aromatic N) is 1. The minimum absolute atomic E-state index is 0.126. The second-order valence-corrected chi connectivity index (χ2v) is 6.53. The maximum Gasteiger partial charge on any atom is 0.219 e. The van der Waals surface area contributed by atoms with Gasteiger partial charge in [-0.2, -0.15) is 0 Å². The minimum Gasteiger partial charge on any atom is -0.346 e. The van der Waals surface area contributed by atoms with Crippen LogP contribution in [0.25, 0.3) is 0 Å². The molecule has 2 heteroatoms. The highest BCUT2D eigenvalue weighted by molar-refractivity contribution is 5.72. The molecule has 0 bridgehead atoms. The topological polar surface area (TPSA) is 20.3 Å². The Morgan fingerprint density at radius 1 is 1.16 bits per heavy atom. The molecule has 0 aliphatic heterocycles. The molecule has 0 radical (unpaired) electrons. The van der Waals surface area contributed by atoms with Gasteiger partial charge >= 0.3 is 0 Å². The lowest BCUT2D eigenvalue weighted by Crippen LogP contribution is -2.26. The van der Waals surface area contributed by atoms with Gasteiger partial charge in [-0.25, -0.2) is 0 Å². The van der Waals surface area contributed by atoms with Gasteiger partial charge in [0.15, 0.2) is 0 Å². The summed E-state index contributed by atoms with van der Waals surface area (Å²) in [5, 5.41) is 0. The molecule has 0 heterocycles. The molecule has 2 nitrogen and oxygen atoms in total. The van der Waals surface area contributed by atoms with Crippen LogP contribution in [0.2, 0.25) is 0 Å². The molecular weight excluding hydrogens is 234 g/mol. The van der Waals surface area contributed by atoms with E-state index in [1.807, 2.05) is 7.05 Å². The number of carbonyl (C=O) groups excluding carboxylic acids is 1. The van der Waals surface area contributed by atoms with Crippen molar-refractivity contribution in [1.29, 1.82) is 0 Å². The number of likely N-dealkylation sites (N-methyl/N-ethyl adjacent to an activating group) is 1. The maximum absolute atomic E-state index is 11.2. The molecule has 1 rings (SSSR count). The number of amides is 1. The Kier molecular flexibility index (Phi) is 4.78. The van der Waals surface area contributed by atoms with E-state index in [4.69, 9.17) is 0 Å². The molecule has 1 aromatic rings. The summed E-state index contributed by atoms with van der Waals surface area (Å²) >= 11 is 0. The minimum atomic E-state index is 0.126. The van der Waals surface area contributed by atoms with Crippen LogP contribution >= 0.6 is 0 Å². The third-order valence-electron chi connectivity index (χ3n) is 3.80. The highest BCUT2D eigenvalue weighted by Gasteiger charge is 2.16. The second kappa shape index (κ2) is 5.77. The summed E-state index contributed by atoms with van der Waals surface area (Å²) in [4.78, 5) is 13.0. The number of rotatable bonds is 3. The van der Waals surface area contributed by atoms with E-state index in [-0.39, 0.29) is 11.3 Å². The van der Waals surface area contributed by atoms with Gasteiger partial charge in [0.2, 0.25) is 5.91 Å². The Hall–Kier alpha value is -1.31. The SMILES string of the molecule is CC(=O)N(C)CCc1c(C)cc(C(C)(C)C)cc1C. The molecule has 0 N–H and O–H groups in total. The van der Waals surface area contributed by atoms with E-state index in [1.54, 1.807) is 11.8 Å². The predicted octanol–water partition coefficient (Wildman–Crippen LogP) is 3.62. The fourth-order valence-corrected chi connectivity index (χ4v) is 2.26. The van der Waals surface area contributed by atoms with Crippen LogP contribution in [-0.2, 0) is 16.6 Å². The molecule has 0 unspecified atom stereocenters. The normalized spacial score (nSPS) is 11.5. The molecular formula is C17H27NO. The van der Waals surface area contributed by atoms with Crippen LogP contribution in [0.4, 0.5) is 0 Å². The summed E-state index contributed by atoms with van der Waals surface area (Å²) in [6.45, 7) is 13.5. The Balaban J connectivity index is 2.95. The predicted molar refractivity (Wildman–Crippen MR) is 81.6 cm³/mol. The van der Waals surface area contributed by atoms with Crippen LogP contribution in [0.1, 0.15) is 49.9 Å². The maximum atomic E-state index is 11.2. The molecule has 0 aromatic heterocycles. The average Bonchev–Trinajstić information content (AvgIpc) is 2.25. The Morgan fingerprint density at radius 3 is 2.00 bits per heavy atom. The number of benzene rings is 1. The van der Waals surface area contributed by atoms with Crippen molar-refractivity contribution >= 4 is 5.91 Å². The van der Waals surface area contributed by atoms with E-state index in [0.29, 0.717) is 0 Å². The van der Waals surface area contributed by atoms with E-state index >= 15 is 0 Å². The third kappa shape index (κ3) is 4.09. The van der Waals surface area contributed by atoms with Crippen molar-refractivity contribution in [3.05, 3.63) is 34.4 Å². The fraction of sp³-hybridized carbons (Fsp3) is 0.588. The summed E-state index contributed by atoms with van der Waals surface area (Å²) in [6.07, 6.45) is 0.929. The highest BCUT2D eigenvalue weighted by Crippen LogP contribution is 2.27. The molecule has 0 saturated heterocycles. The first-order chi connectivity index (χ1) is 8.62. The first-order valence-electron chi connectivity index (χ1n) is 6.95. The van der Waals surface area contributed by atoms with Crippen molar-refractivity contribution < 1.29 is 4.79 Å². The number of aryl methyl sites for hydroxylation is 2. The molecule has 1 amide bonds. The van der Waals surface area contributed by atoms with Crippen LogP contribution < -0.4 is 0 Å². The van der Waals surface area contributed by atoms with Crippen molar-refractivity contribution in [1.82, 2.24) is 4.90 Å². The van der Waals surface area contributed by atoms with Crippen LogP contribution in [0.3, 0.4) is 0 Å². The standard InChI is InChI=1S/C17H27NO/c1-12-10-15(17(4,5)6)11-13(2)16(12)8-9-18(7)14(3)19/h10-11H,8-9H2,1-7H3. The summed E-state index contributed by atoms with van der Waals surface area (Å²) in [5.41, 5.74) is 5.61. The zero-order valence-electron chi connectivity index (χ0n) is 13.4. The van der Waals surface area contributed by atoms with Crippen LogP contribution in [0.5, 0.6) is 0 Å². The van der Waals surface area contributed by atoms with Gasteiger partial charge in [0.05, 0.1) is 0 Å². The lowest BCUT2D eigenvalue weighted by molar-refractivity contribution is -0.127. The zero-order valence-corrected chi connectivity index (χ0v) is 13.4. The summed E-state index contributed by atoms with van der Waals surface area (Å²) in [5.74, 6) is 0.126. The molecule has 106 valence electrons. The van der Waals surface area contributed by atoms with Gasteiger partial charge in [-0.05, 0) is 47.9 Å². The van der Waals surface area contributed by atoms with Gasteiger partial charge in [-0.15, -0.1) is 0 Å². The van der Waals surface area contributed by atoms with E-state index in [9.17, 15) is 4.79 Å². The quantitative estimate of drug-likeness (QED) is 0.813. The van der Waals surface area contributed by atoms with Gasteiger partial charge in [-0.1, -0.05) is 32.9 Å². The van der Waals surface area contributed by atoms with Gasteiger partial charge in [0, 0.05) is 20.5 Å². The Morgan fingerprint density at radius 2 is 1.63 bits per heavy atom. The summed E-state index contributed by atoms with van der Waals surface area (Å²) in [6, 6.07) is 4.58. The van der Waals surface area contributed by atoms with Crippen molar-refractivity contribution in [3.8, 4) is 0 Å². The lowest BCUT2D eigenvalue weighted by atomic mass is 9.83. The smallest absolute Gasteiger partial charge is 0.219 e. The van der Waals surface area contributed by atoms with Gasteiger partial charge in [0.1, 0.15) is 0 Å². The summed E-state index contributed by atoms with van der Waals surface area (Å²) < 4.78 is 0. The van der Waals surface area contributed by atoms with Gasteiger partial charge in [0.25, 0.3) is 0 Å². The van der Waals surface area contributed by atoms with E-state index < -0.39 is 0 Å². The average molecular weight is 261 g/mol. The molecule has 19 heavy (non-hydrogen) atoms. The fourth-order valence-electron chi connectivity index (χ4n) is 2.26. The zero-order chi connectivity index (χ0) is 14.8. The van der Waals surface area contributed by atoms with E-state index in [0.717, 1.165) is 13.0 Å². The van der Waals surface area contributed by atoms with Crippen LogP contribution in [0, 0.1) is 13.8 Å². The number of carbonyl (C=O) groups is 1. The molecule has 0 spiro atoms. The van der Waals surface area contributed by atoms with E-state index in [2.05, 4.69) is 46.8 Å². The Labute approximate surface area is 117 Å². The molecule has 0 fully saturated rings.